The molecule has 33 heavy (non-hydrogen) atoms. The Kier molecular flexibility index (Phi) is 7.39. The van der Waals surface area contributed by atoms with Crippen molar-refractivity contribution < 1.29 is 4.74 Å². The summed E-state index contributed by atoms with van der Waals surface area (Å²) in [5.74, 6) is 2.70. The van der Waals surface area contributed by atoms with Gasteiger partial charge in [-0.15, -0.1) is 0 Å². The fraction of sp³-hybridized carbons (Fsp3) is 0.464. The van der Waals surface area contributed by atoms with E-state index in [0.717, 1.165) is 36.1 Å². The van der Waals surface area contributed by atoms with Crippen LogP contribution in [0.25, 0.3) is 10.9 Å². The second kappa shape index (κ2) is 10.4. The van der Waals surface area contributed by atoms with Crippen molar-refractivity contribution in [2.75, 3.05) is 38.0 Å². The minimum atomic E-state index is 0.497. The SMILES string of the molecule is COc1cc(C)c(CNC[C@H]2CC[C@@H](Nc3cc(N(C)C)c4ccccc4n3)CC2)cc1C. The second-order valence-corrected chi connectivity index (χ2v) is 9.68. The van der Waals surface area contributed by atoms with Gasteiger partial charge in [-0.2, -0.15) is 0 Å². The van der Waals surface area contributed by atoms with Crippen molar-refractivity contribution >= 4 is 22.4 Å². The number of methoxy groups -OCH3 is 1. The number of nitrogens with one attached hydrogen (secondary N) is 2. The molecule has 1 fully saturated rings. The predicted octanol–water partition coefficient (Wildman–Crippen LogP) is 5.69. The molecule has 1 aromatic heterocycles. The van der Waals surface area contributed by atoms with Crippen molar-refractivity contribution in [1.82, 2.24) is 10.3 Å². The van der Waals surface area contributed by atoms with Crippen LogP contribution in [0, 0.1) is 19.8 Å². The molecule has 176 valence electrons. The number of fused-ring (bicyclic) bond motifs is 1. The summed E-state index contributed by atoms with van der Waals surface area (Å²) >= 11 is 0. The standard InChI is InChI=1S/C28H38N4O/c1-19-15-27(33-5)20(2)14-22(19)18-29-17-21-10-12-23(13-11-21)30-28-16-26(32(3)4)24-8-6-7-9-25(24)31-28/h6-9,14-16,21,23,29H,10-13,17-18H2,1-5H3,(H,30,31)/t21-,23+. The fourth-order valence-electron chi connectivity index (χ4n) is 4.99. The minimum absolute atomic E-state index is 0.497. The van der Waals surface area contributed by atoms with E-state index < -0.39 is 0 Å². The van der Waals surface area contributed by atoms with Crippen LogP contribution < -0.4 is 20.3 Å². The molecule has 5 nitrogen and oxygen atoms in total. The van der Waals surface area contributed by atoms with Crippen LogP contribution in [0.2, 0.25) is 0 Å². The van der Waals surface area contributed by atoms with Gasteiger partial charge in [0.2, 0.25) is 0 Å². The number of ether oxygens (including phenoxy) is 1. The highest BCUT2D eigenvalue weighted by molar-refractivity contribution is 5.93. The van der Waals surface area contributed by atoms with Crippen LogP contribution >= 0.6 is 0 Å². The van der Waals surface area contributed by atoms with Crippen molar-refractivity contribution in [2.45, 2.75) is 52.1 Å². The van der Waals surface area contributed by atoms with Crippen LogP contribution in [0.1, 0.15) is 42.4 Å². The molecule has 2 N–H and O–H groups in total. The van der Waals surface area contributed by atoms with Gasteiger partial charge >= 0.3 is 0 Å². The molecule has 3 aromatic rings. The van der Waals surface area contributed by atoms with E-state index in [1.54, 1.807) is 7.11 Å². The second-order valence-electron chi connectivity index (χ2n) is 9.68. The number of nitrogens with zero attached hydrogens (tertiary/aromatic N) is 2. The first-order valence-electron chi connectivity index (χ1n) is 12.1. The first kappa shape index (κ1) is 23.4. The summed E-state index contributed by atoms with van der Waals surface area (Å²) in [4.78, 5) is 7.05. The third-order valence-electron chi connectivity index (χ3n) is 6.98. The van der Waals surface area contributed by atoms with E-state index in [4.69, 9.17) is 9.72 Å². The number of pyridine rings is 1. The van der Waals surface area contributed by atoms with Gasteiger partial charge in [0, 0.05) is 43.8 Å². The van der Waals surface area contributed by atoms with Gasteiger partial charge in [0.1, 0.15) is 11.6 Å². The zero-order valence-electron chi connectivity index (χ0n) is 20.7. The average molecular weight is 447 g/mol. The number of aryl methyl sites for hydroxylation is 2. The molecular weight excluding hydrogens is 408 g/mol. The van der Waals surface area contributed by atoms with Crippen molar-refractivity contribution in [3.05, 3.63) is 59.2 Å². The van der Waals surface area contributed by atoms with Crippen LogP contribution in [-0.4, -0.2) is 38.8 Å². The molecule has 0 atom stereocenters. The highest BCUT2D eigenvalue weighted by Crippen LogP contribution is 2.30. The van der Waals surface area contributed by atoms with Gasteiger partial charge in [-0.05, 0) is 80.8 Å². The molecule has 1 saturated carbocycles. The van der Waals surface area contributed by atoms with E-state index in [0.29, 0.717) is 6.04 Å². The highest BCUT2D eigenvalue weighted by Gasteiger charge is 2.21. The van der Waals surface area contributed by atoms with Crippen LogP contribution in [0.15, 0.2) is 42.5 Å². The molecule has 1 heterocycles. The van der Waals surface area contributed by atoms with Gasteiger partial charge in [0.05, 0.1) is 12.6 Å². The average Bonchev–Trinajstić information content (AvgIpc) is 2.81. The number of anilines is 2. The molecule has 4 rings (SSSR count). The summed E-state index contributed by atoms with van der Waals surface area (Å²) in [5.41, 5.74) is 6.12. The maximum Gasteiger partial charge on any atom is 0.128 e. The molecule has 0 radical (unpaired) electrons. The van der Waals surface area contributed by atoms with Gasteiger partial charge in [0.15, 0.2) is 0 Å². The van der Waals surface area contributed by atoms with E-state index in [2.05, 4.69) is 85.9 Å². The number of hydrogen-bond donors (Lipinski definition) is 2. The molecule has 0 amide bonds. The largest absolute Gasteiger partial charge is 0.496 e. The minimum Gasteiger partial charge on any atom is -0.496 e. The van der Waals surface area contributed by atoms with Gasteiger partial charge in [-0.25, -0.2) is 4.98 Å². The molecule has 0 spiro atoms. The summed E-state index contributed by atoms with van der Waals surface area (Å²) in [6, 6.07) is 15.5. The van der Waals surface area contributed by atoms with Crippen molar-refractivity contribution in [3.8, 4) is 5.75 Å². The zero-order chi connectivity index (χ0) is 23.4. The number of aromatic nitrogens is 1. The van der Waals surface area contributed by atoms with Crippen LogP contribution in [0.5, 0.6) is 5.75 Å². The van der Waals surface area contributed by atoms with E-state index in [1.807, 2.05) is 0 Å². The molecule has 0 saturated heterocycles. The maximum atomic E-state index is 5.44. The smallest absolute Gasteiger partial charge is 0.128 e. The Hall–Kier alpha value is -2.79. The summed E-state index contributed by atoms with van der Waals surface area (Å²) in [6.07, 6.45) is 4.89. The van der Waals surface area contributed by atoms with E-state index in [9.17, 15) is 0 Å². The quantitative estimate of drug-likeness (QED) is 0.466. The molecule has 0 bridgehead atoms. The molecule has 5 heteroatoms. The first-order chi connectivity index (χ1) is 15.9. The Labute approximate surface area is 198 Å². The zero-order valence-corrected chi connectivity index (χ0v) is 20.7. The molecule has 0 unspecified atom stereocenters. The lowest BCUT2D eigenvalue weighted by Crippen LogP contribution is -2.31. The highest BCUT2D eigenvalue weighted by atomic mass is 16.5. The number of hydrogen-bond acceptors (Lipinski definition) is 5. The summed E-state index contributed by atoms with van der Waals surface area (Å²) in [6.45, 7) is 6.28. The maximum absolute atomic E-state index is 5.44. The van der Waals surface area contributed by atoms with Gasteiger partial charge in [-0.3, -0.25) is 0 Å². The lowest BCUT2D eigenvalue weighted by Gasteiger charge is -2.30. The Morgan fingerprint density at radius 2 is 1.76 bits per heavy atom. The molecule has 0 aliphatic heterocycles. The number of benzene rings is 2. The van der Waals surface area contributed by atoms with E-state index in [1.165, 1.54) is 53.4 Å². The lowest BCUT2D eigenvalue weighted by atomic mass is 9.86. The summed E-state index contributed by atoms with van der Waals surface area (Å²) in [7, 11) is 5.93. The Balaban J connectivity index is 1.29. The fourth-order valence-corrected chi connectivity index (χ4v) is 4.99. The topological polar surface area (TPSA) is 49.4 Å². The normalized spacial score (nSPS) is 18.3. The third-order valence-corrected chi connectivity index (χ3v) is 6.98. The molecule has 1 aliphatic rings. The predicted molar refractivity (Wildman–Crippen MR) is 140 cm³/mol. The van der Waals surface area contributed by atoms with Gasteiger partial charge in [-0.1, -0.05) is 24.3 Å². The summed E-state index contributed by atoms with van der Waals surface area (Å²) in [5, 5.41) is 8.63. The Morgan fingerprint density at radius 1 is 1.00 bits per heavy atom. The van der Waals surface area contributed by atoms with Crippen LogP contribution in [0.3, 0.4) is 0 Å². The van der Waals surface area contributed by atoms with E-state index in [-0.39, 0.29) is 0 Å². The van der Waals surface area contributed by atoms with Crippen molar-refractivity contribution in [3.63, 3.8) is 0 Å². The summed E-state index contributed by atoms with van der Waals surface area (Å²) < 4.78 is 5.44. The number of rotatable bonds is 8. The van der Waals surface area contributed by atoms with Gasteiger partial charge in [0.25, 0.3) is 0 Å². The number of para-hydroxylation sites is 1. The van der Waals surface area contributed by atoms with E-state index >= 15 is 0 Å². The lowest BCUT2D eigenvalue weighted by molar-refractivity contribution is 0.324. The molecule has 2 aromatic carbocycles. The van der Waals surface area contributed by atoms with Crippen molar-refractivity contribution in [1.29, 1.82) is 0 Å². The van der Waals surface area contributed by atoms with Crippen LogP contribution in [0.4, 0.5) is 11.5 Å². The Bertz CT molecular complexity index is 1090. The van der Waals surface area contributed by atoms with Crippen molar-refractivity contribution in [2.24, 2.45) is 5.92 Å². The molecule has 1 aliphatic carbocycles. The van der Waals surface area contributed by atoms with Gasteiger partial charge < -0.3 is 20.3 Å². The van der Waals surface area contributed by atoms with Crippen LogP contribution in [-0.2, 0) is 6.54 Å². The Morgan fingerprint density at radius 3 is 2.48 bits per heavy atom. The third kappa shape index (κ3) is 5.59. The molecular formula is C28H38N4O. The monoisotopic (exact) mass is 446 g/mol. The first-order valence-corrected chi connectivity index (χ1v) is 12.1.